The van der Waals surface area contributed by atoms with Crippen LogP contribution in [0.5, 0.6) is 0 Å². The standard InChI is InChI=1S/C16H23N7O/c1-3-17-16(19-12-15-20-13(2)21-24-15)23-10-8-22(9-11-23)14-6-4-5-7-18-14/h4-7H,3,8-12H2,1-2H3,(H,17,19). The second-order valence-electron chi connectivity index (χ2n) is 5.57. The van der Waals surface area contributed by atoms with Crippen LogP contribution >= 0.6 is 0 Å². The van der Waals surface area contributed by atoms with Gasteiger partial charge < -0.3 is 19.6 Å². The Labute approximate surface area is 141 Å². The van der Waals surface area contributed by atoms with Crippen molar-refractivity contribution in [3.63, 3.8) is 0 Å². The predicted molar refractivity (Wildman–Crippen MR) is 91.9 cm³/mol. The monoisotopic (exact) mass is 329 g/mol. The van der Waals surface area contributed by atoms with Gasteiger partial charge in [-0.25, -0.2) is 9.98 Å². The van der Waals surface area contributed by atoms with Gasteiger partial charge in [0.1, 0.15) is 12.4 Å². The first kappa shape index (κ1) is 16.2. The number of aliphatic imine (C=N–C) groups is 1. The van der Waals surface area contributed by atoms with Gasteiger partial charge in [0.15, 0.2) is 11.8 Å². The fourth-order valence-electron chi connectivity index (χ4n) is 2.66. The molecule has 0 aliphatic carbocycles. The molecule has 0 aromatic carbocycles. The Morgan fingerprint density at radius 3 is 2.75 bits per heavy atom. The van der Waals surface area contributed by atoms with Gasteiger partial charge >= 0.3 is 0 Å². The Balaban J connectivity index is 1.61. The van der Waals surface area contributed by atoms with E-state index in [1.54, 1.807) is 6.92 Å². The average Bonchev–Trinajstić information content (AvgIpc) is 3.05. The van der Waals surface area contributed by atoms with Crippen molar-refractivity contribution in [2.75, 3.05) is 37.6 Å². The molecule has 1 fully saturated rings. The smallest absolute Gasteiger partial charge is 0.248 e. The van der Waals surface area contributed by atoms with E-state index in [4.69, 9.17) is 4.52 Å². The summed E-state index contributed by atoms with van der Waals surface area (Å²) in [6.07, 6.45) is 1.83. The van der Waals surface area contributed by atoms with Crippen LogP contribution in [0.15, 0.2) is 33.9 Å². The van der Waals surface area contributed by atoms with Gasteiger partial charge in [0.05, 0.1) is 0 Å². The Bertz CT molecular complexity index is 662. The molecule has 3 rings (SSSR count). The first-order valence-electron chi connectivity index (χ1n) is 8.24. The summed E-state index contributed by atoms with van der Waals surface area (Å²) in [7, 11) is 0. The van der Waals surface area contributed by atoms with E-state index in [1.807, 2.05) is 24.4 Å². The Hall–Kier alpha value is -2.64. The summed E-state index contributed by atoms with van der Waals surface area (Å²) in [4.78, 5) is 17.8. The zero-order valence-electron chi connectivity index (χ0n) is 14.1. The number of aromatic nitrogens is 3. The predicted octanol–water partition coefficient (Wildman–Crippen LogP) is 1.06. The van der Waals surface area contributed by atoms with Gasteiger partial charge in [-0.3, -0.25) is 0 Å². The molecule has 0 radical (unpaired) electrons. The number of pyridine rings is 1. The van der Waals surface area contributed by atoms with E-state index < -0.39 is 0 Å². The third kappa shape index (κ3) is 4.01. The maximum Gasteiger partial charge on any atom is 0.248 e. The van der Waals surface area contributed by atoms with Crippen LogP contribution < -0.4 is 10.2 Å². The maximum atomic E-state index is 5.12. The average molecular weight is 329 g/mol. The molecule has 1 aliphatic heterocycles. The lowest BCUT2D eigenvalue weighted by atomic mass is 10.3. The van der Waals surface area contributed by atoms with Crippen molar-refractivity contribution >= 4 is 11.8 Å². The van der Waals surface area contributed by atoms with E-state index in [0.29, 0.717) is 18.3 Å². The molecule has 2 aromatic rings. The number of hydrogen-bond donors (Lipinski definition) is 1. The number of piperazine rings is 1. The molecule has 8 heteroatoms. The molecular weight excluding hydrogens is 306 g/mol. The van der Waals surface area contributed by atoms with Crippen LogP contribution in [0.2, 0.25) is 0 Å². The summed E-state index contributed by atoms with van der Waals surface area (Å²) in [5.74, 6) is 3.08. The van der Waals surface area contributed by atoms with E-state index in [2.05, 4.69) is 42.2 Å². The third-order valence-corrected chi connectivity index (χ3v) is 3.82. The SMILES string of the molecule is CCNC(=NCc1nc(C)no1)N1CCN(c2ccccn2)CC1. The van der Waals surface area contributed by atoms with Crippen LogP contribution in [0.25, 0.3) is 0 Å². The number of anilines is 1. The topological polar surface area (TPSA) is 82.7 Å². The van der Waals surface area contributed by atoms with Gasteiger partial charge in [-0.15, -0.1) is 0 Å². The van der Waals surface area contributed by atoms with E-state index in [1.165, 1.54) is 0 Å². The lowest BCUT2D eigenvalue weighted by Gasteiger charge is -2.37. The van der Waals surface area contributed by atoms with E-state index in [9.17, 15) is 0 Å². The van der Waals surface area contributed by atoms with Gasteiger partial charge in [-0.2, -0.15) is 4.98 Å². The van der Waals surface area contributed by atoms with Crippen LogP contribution in [-0.4, -0.2) is 58.7 Å². The number of hydrogen-bond acceptors (Lipinski definition) is 6. The molecule has 1 aliphatic rings. The second-order valence-corrected chi connectivity index (χ2v) is 5.57. The molecule has 8 nitrogen and oxygen atoms in total. The molecule has 128 valence electrons. The number of guanidine groups is 1. The van der Waals surface area contributed by atoms with Gasteiger partial charge in [0, 0.05) is 38.9 Å². The van der Waals surface area contributed by atoms with E-state index in [-0.39, 0.29) is 0 Å². The zero-order chi connectivity index (χ0) is 16.8. The van der Waals surface area contributed by atoms with Crippen molar-refractivity contribution < 1.29 is 4.52 Å². The van der Waals surface area contributed by atoms with Crippen LogP contribution in [0.4, 0.5) is 5.82 Å². The molecule has 0 unspecified atom stereocenters. The first-order chi connectivity index (χ1) is 11.8. The number of nitrogens with one attached hydrogen (secondary N) is 1. The molecule has 2 aromatic heterocycles. The van der Waals surface area contributed by atoms with Gasteiger partial charge in [-0.1, -0.05) is 11.2 Å². The molecule has 0 atom stereocenters. The quantitative estimate of drug-likeness (QED) is 0.663. The Morgan fingerprint density at radius 1 is 1.29 bits per heavy atom. The zero-order valence-corrected chi connectivity index (χ0v) is 14.1. The van der Waals surface area contributed by atoms with Crippen molar-refractivity contribution in [2.24, 2.45) is 4.99 Å². The molecule has 0 saturated carbocycles. The van der Waals surface area contributed by atoms with Gasteiger partial charge in [-0.05, 0) is 26.0 Å². The molecule has 3 heterocycles. The van der Waals surface area contributed by atoms with Gasteiger partial charge in [0.2, 0.25) is 5.89 Å². The maximum absolute atomic E-state index is 5.12. The highest BCUT2D eigenvalue weighted by Crippen LogP contribution is 2.12. The summed E-state index contributed by atoms with van der Waals surface area (Å²) >= 11 is 0. The summed E-state index contributed by atoms with van der Waals surface area (Å²) in [5.41, 5.74) is 0. The molecule has 0 bridgehead atoms. The lowest BCUT2D eigenvalue weighted by Crippen LogP contribution is -2.52. The van der Waals surface area contributed by atoms with Crippen LogP contribution in [0.3, 0.4) is 0 Å². The minimum absolute atomic E-state index is 0.392. The fraction of sp³-hybridized carbons (Fsp3) is 0.500. The van der Waals surface area contributed by atoms with E-state index >= 15 is 0 Å². The van der Waals surface area contributed by atoms with Crippen LogP contribution in [0, 0.1) is 6.92 Å². The summed E-state index contributed by atoms with van der Waals surface area (Å²) < 4.78 is 5.12. The van der Waals surface area contributed by atoms with Crippen LogP contribution in [-0.2, 0) is 6.54 Å². The van der Waals surface area contributed by atoms with Crippen LogP contribution in [0.1, 0.15) is 18.6 Å². The van der Waals surface area contributed by atoms with Crippen molar-refractivity contribution in [3.8, 4) is 0 Å². The minimum Gasteiger partial charge on any atom is -0.357 e. The summed E-state index contributed by atoms with van der Waals surface area (Å²) in [6, 6.07) is 6.01. The largest absolute Gasteiger partial charge is 0.357 e. The lowest BCUT2D eigenvalue weighted by molar-refractivity contribution is 0.362. The number of nitrogens with zero attached hydrogens (tertiary/aromatic N) is 6. The number of rotatable bonds is 4. The van der Waals surface area contributed by atoms with Crippen molar-refractivity contribution in [2.45, 2.75) is 20.4 Å². The molecular formula is C16H23N7O. The Morgan fingerprint density at radius 2 is 2.12 bits per heavy atom. The molecule has 1 N–H and O–H groups in total. The molecule has 0 spiro atoms. The van der Waals surface area contributed by atoms with E-state index in [0.717, 1.165) is 44.5 Å². The third-order valence-electron chi connectivity index (χ3n) is 3.82. The normalized spacial score (nSPS) is 15.7. The fourth-order valence-corrected chi connectivity index (χ4v) is 2.66. The first-order valence-corrected chi connectivity index (χ1v) is 8.24. The van der Waals surface area contributed by atoms with Crippen molar-refractivity contribution in [1.29, 1.82) is 0 Å². The minimum atomic E-state index is 0.392. The molecule has 1 saturated heterocycles. The molecule has 24 heavy (non-hydrogen) atoms. The summed E-state index contributed by atoms with van der Waals surface area (Å²) in [6.45, 7) is 8.71. The second kappa shape index (κ2) is 7.76. The highest BCUT2D eigenvalue weighted by atomic mass is 16.5. The van der Waals surface area contributed by atoms with Crippen molar-refractivity contribution in [1.82, 2.24) is 25.3 Å². The summed E-state index contributed by atoms with van der Waals surface area (Å²) in [5, 5.41) is 7.13. The highest BCUT2D eigenvalue weighted by Gasteiger charge is 2.20. The highest BCUT2D eigenvalue weighted by molar-refractivity contribution is 5.80. The molecule has 0 amide bonds. The van der Waals surface area contributed by atoms with Gasteiger partial charge in [0.25, 0.3) is 0 Å². The Kier molecular flexibility index (Phi) is 5.25. The number of aryl methyl sites for hydroxylation is 1. The van der Waals surface area contributed by atoms with Crippen molar-refractivity contribution in [3.05, 3.63) is 36.1 Å².